The minimum atomic E-state index is 0.840. The first-order valence-corrected chi connectivity index (χ1v) is 6.80. The first kappa shape index (κ1) is 15.3. The van der Waals surface area contributed by atoms with Gasteiger partial charge in [-0.25, -0.2) is 0 Å². The van der Waals surface area contributed by atoms with E-state index in [2.05, 4.69) is 6.21 Å². The summed E-state index contributed by atoms with van der Waals surface area (Å²) in [4.78, 5) is 0. The van der Waals surface area contributed by atoms with Gasteiger partial charge in [-0.2, -0.15) is 0 Å². The number of unbranched alkanes of at least 4 members (excludes halogenated alkanes) is 11. The predicted molar refractivity (Wildman–Crippen MR) is 71.9 cm³/mol. The Morgan fingerprint density at radius 1 is 0.688 bits per heavy atom. The van der Waals surface area contributed by atoms with E-state index in [1.807, 2.05) is 0 Å². The molecule has 1 radical (unpaired) electrons. The minimum absolute atomic E-state index is 0.840. The molecule has 0 aromatic rings. The molecule has 0 bridgehead atoms. The van der Waals surface area contributed by atoms with Gasteiger partial charge in [0.1, 0.15) is 0 Å². The topological polar surface area (TPSA) is 47.7 Å². The van der Waals surface area contributed by atoms with Crippen molar-refractivity contribution in [3.8, 4) is 0 Å². The van der Waals surface area contributed by atoms with Crippen LogP contribution in [-0.4, -0.2) is 12.4 Å². The van der Waals surface area contributed by atoms with Crippen molar-refractivity contribution in [3.05, 3.63) is 0 Å². The van der Waals surface area contributed by atoms with Crippen LogP contribution >= 0.6 is 0 Å². The van der Waals surface area contributed by atoms with Crippen LogP contribution in [0.2, 0.25) is 0 Å². The summed E-state index contributed by atoms with van der Waals surface area (Å²) in [7, 11) is 0. The van der Waals surface area contributed by atoms with Crippen molar-refractivity contribution in [2.45, 2.75) is 77.0 Å². The van der Waals surface area contributed by atoms with Crippen LogP contribution in [0.3, 0.4) is 0 Å². The molecule has 0 aromatic carbocycles. The van der Waals surface area contributed by atoms with Crippen molar-refractivity contribution in [2.24, 2.45) is 0 Å². The molecule has 0 aromatic heterocycles. The largest absolute Gasteiger partial charge is 0.313 e. The molecule has 0 spiro atoms. The third-order valence-corrected chi connectivity index (χ3v) is 2.90. The number of rotatable bonds is 13. The van der Waals surface area contributed by atoms with E-state index in [9.17, 15) is 0 Å². The van der Waals surface area contributed by atoms with Crippen LogP contribution in [0.1, 0.15) is 77.0 Å². The Bertz CT molecular complexity index is 137. The van der Waals surface area contributed by atoms with Crippen LogP contribution in [0.15, 0.2) is 0 Å². The van der Waals surface area contributed by atoms with E-state index < -0.39 is 0 Å². The molecule has 0 saturated carbocycles. The van der Waals surface area contributed by atoms with Crippen LogP contribution in [-0.2, 0) is 0 Å². The maximum atomic E-state index is 6.90. The van der Waals surface area contributed by atoms with E-state index in [1.54, 1.807) is 0 Å². The average Bonchev–Trinajstić information content (AvgIpc) is 2.31. The van der Waals surface area contributed by atoms with Gasteiger partial charge in [-0.1, -0.05) is 51.4 Å². The molecule has 0 aliphatic carbocycles. The summed E-state index contributed by atoms with van der Waals surface area (Å²) >= 11 is 0. The number of hydrogen-bond acceptors (Lipinski definition) is 2. The molecule has 16 heavy (non-hydrogen) atoms. The smallest absolute Gasteiger partial charge is 0.0521 e. The van der Waals surface area contributed by atoms with Gasteiger partial charge in [-0.05, 0) is 31.9 Å². The molecule has 0 heterocycles. The predicted octanol–water partition coefficient (Wildman–Crippen LogP) is 4.84. The third kappa shape index (κ3) is 13.3. The van der Waals surface area contributed by atoms with Gasteiger partial charge in [0.05, 0.1) is 6.21 Å². The second-order valence-corrected chi connectivity index (χ2v) is 4.46. The highest BCUT2D eigenvalue weighted by atomic mass is 14.3. The average molecular weight is 223 g/mol. The Labute approximate surface area is 101 Å². The highest BCUT2D eigenvalue weighted by Gasteiger charge is 1.92. The molecule has 0 atom stereocenters. The molecule has 2 heteroatoms. The molecule has 0 aliphatic rings. The molecule has 0 aliphatic heterocycles. The van der Waals surface area contributed by atoms with Gasteiger partial charge in [0.25, 0.3) is 0 Å². The summed E-state index contributed by atoms with van der Waals surface area (Å²) in [5.41, 5.74) is 0. The SMILES string of the molecule is N=[C]CCCCCCCCCCCCC=N. The Kier molecular flexibility index (Phi) is 13.7. The van der Waals surface area contributed by atoms with E-state index in [1.165, 1.54) is 64.0 Å². The fraction of sp³-hybridized carbons (Fsp3) is 0.857. The zero-order valence-electron chi connectivity index (χ0n) is 10.6. The van der Waals surface area contributed by atoms with Crippen molar-refractivity contribution in [3.63, 3.8) is 0 Å². The summed E-state index contributed by atoms with van der Waals surface area (Å²) in [6.07, 6.45) is 18.8. The van der Waals surface area contributed by atoms with Crippen molar-refractivity contribution >= 4 is 12.4 Å². The Hall–Kier alpha value is -0.660. The monoisotopic (exact) mass is 223 g/mol. The van der Waals surface area contributed by atoms with Gasteiger partial charge in [0.15, 0.2) is 0 Å². The van der Waals surface area contributed by atoms with Gasteiger partial charge in [0.2, 0.25) is 0 Å². The lowest BCUT2D eigenvalue weighted by Crippen LogP contribution is -1.83. The maximum absolute atomic E-state index is 6.90. The summed E-state index contributed by atoms with van der Waals surface area (Å²) in [6, 6.07) is 0. The highest BCUT2D eigenvalue weighted by molar-refractivity contribution is 5.52. The quantitative estimate of drug-likeness (QED) is 0.331. The van der Waals surface area contributed by atoms with Gasteiger partial charge >= 0.3 is 0 Å². The zero-order valence-corrected chi connectivity index (χ0v) is 10.6. The first-order chi connectivity index (χ1) is 7.91. The molecule has 0 unspecified atom stereocenters. The molecule has 2 N–H and O–H groups in total. The van der Waals surface area contributed by atoms with E-state index in [0.717, 1.165) is 19.3 Å². The number of hydrogen-bond donors (Lipinski definition) is 2. The Balaban J connectivity index is 2.87. The van der Waals surface area contributed by atoms with Crippen LogP contribution in [0, 0.1) is 10.8 Å². The standard InChI is InChI=1S/C14H27N2/c15-13-11-9-7-5-3-1-2-4-6-8-10-12-14-16/h13,15-16H,1-12H2. The van der Waals surface area contributed by atoms with E-state index in [-0.39, 0.29) is 0 Å². The van der Waals surface area contributed by atoms with Gasteiger partial charge < -0.3 is 10.8 Å². The van der Waals surface area contributed by atoms with Gasteiger partial charge in [-0.15, -0.1) is 0 Å². The molecular formula is C14H27N2. The Morgan fingerprint density at radius 3 is 1.56 bits per heavy atom. The lowest BCUT2D eigenvalue weighted by molar-refractivity contribution is 0.557. The summed E-state index contributed by atoms with van der Waals surface area (Å²) in [5, 5.41) is 13.7. The molecular weight excluding hydrogens is 196 g/mol. The number of nitrogens with one attached hydrogen (secondary N) is 2. The van der Waals surface area contributed by atoms with Crippen LogP contribution < -0.4 is 0 Å². The second-order valence-electron chi connectivity index (χ2n) is 4.46. The van der Waals surface area contributed by atoms with E-state index in [4.69, 9.17) is 10.8 Å². The fourth-order valence-corrected chi connectivity index (χ4v) is 1.87. The van der Waals surface area contributed by atoms with E-state index in [0.29, 0.717) is 0 Å². The molecule has 0 amide bonds. The van der Waals surface area contributed by atoms with Crippen LogP contribution in [0.4, 0.5) is 0 Å². The Morgan fingerprint density at radius 2 is 1.12 bits per heavy atom. The second kappa shape index (κ2) is 14.3. The lowest BCUT2D eigenvalue weighted by Gasteiger charge is -2.01. The summed E-state index contributed by atoms with van der Waals surface area (Å²) in [5.74, 6) is 0. The van der Waals surface area contributed by atoms with E-state index >= 15 is 0 Å². The van der Waals surface area contributed by atoms with Gasteiger partial charge in [-0.3, -0.25) is 0 Å². The lowest BCUT2D eigenvalue weighted by atomic mass is 10.1. The van der Waals surface area contributed by atoms with Crippen LogP contribution in [0.5, 0.6) is 0 Å². The molecule has 0 fully saturated rings. The molecule has 0 saturated heterocycles. The van der Waals surface area contributed by atoms with Crippen molar-refractivity contribution < 1.29 is 0 Å². The van der Waals surface area contributed by atoms with Crippen molar-refractivity contribution in [1.29, 1.82) is 10.8 Å². The molecule has 93 valence electrons. The normalized spacial score (nSPS) is 10.2. The van der Waals surface area contributed by atoms with Crippen molar-refractivity contribution in [1.82, 2.24) is 0 Å². The first-order valence-electron chi connectivity index (χ1n) is 6.80. The summed E-state index contributed by atoms with van der Waals surface area (Å²) in [6.45, 7) is 0. The zero-order chi connectivity index (χ0) is 11.9. The third-order valence-electron chi connectivity index (χ3n) is 2.90. The molecule has 2 nitrogen and oxygen atoms in total. The summed E-state index contributed by atoms with van der Waals surface area (Å²) < 4.78 is 0. The van der Waals surface area contributed by atoms with Crippen LogP contribution in [0.25, 0.3) is 0 Å². The molecule has 0 rings (SSSR count). The van der Waals surface area contributed by atoms with Gasteiger partial charge in [0, 0.05) is 0 Å². The maximum Gasteiger partial charge on any atom is 0.0521 e. The van der Waals surface area contributed by atoms with Crippen molar-refractivity contribution in [2.75, 3.05) is 0 Å². The minimum Gasteiger partial charge on any atom is -0.313 e. The fourth-order valence-electron chi connectivity index (χ4n) is 1.87. The highest BCUT2D eigenvalue weighted by Crippen LogP contribution is 2.11.